The van der Waals surface area contributed by atoms with Crippen LogP contribution in [0.5, 0.6) is 0 Å². The van der Waals surface area contributed by atoms with Crippen LogP contribution in [0.4, 0.5) is 0 Å². The van der Waals surface area contributed by atoms with Crippen LogP contribution in [0.1, 0.15) is 58.8 Å². The Morgan fingerprint density at radius 2 is 1.83 bits per heavy atom. The molecule has 3 fully saturated rings. The van der Waals surface area contributed by atoms with E-state index in [2.05, 4.69) is 6.92 Å². The maximum atomic E-state index is 12.4. The lowest BCUT2D eigenvalue weighted by Crippen LogP contribution is -2.62. The highest BCUT2D eigenvalue weighted by Gasteiger charge is 2.67. The molecule has 4 nitrogen and oxygen atoms in total. The molecule has 6 atom stereocenters. The number of ketones is 2. The Labute approximate surface area is 137 Å². The van der Waals surface area contributed by atoms with Crippen LogP contribution < -0.4 is 0 Å². The minimum Gasteiger partial charge on any atom is -0.389 e. The third kappa shape index (κ3) is 1.74. The van der Waals surface area contributed by atoms with E-state index in [4.69, 9.17) is 0 Å². The molecule has 1 unspecified atom stereocenters. The second-order valence-electron chi connectivity index (χ2n) is 8.67. The van der Waals surface area contributed by atoms with Gasteiger partial charge in [-0.3, -0.25) is 9.59 Å². The van der Waals surface area contributed by atoms with E-state index in [9.17, 15) is 19.8 Å². The summed E-state index contributed by atoms with van der Waals surface area (Å²) in [6, 6.07) is 0. The maximum absolute atomic E-state index is 12.4. The number of carbonyl (C=O) groups is 2. The summed E-state index contributed by atoms with van der Waals surface area (Å²) in [6.07, 6.45) is 5.30. The highest BCUT2D eigenvalue weighted by atomic mass is 16.3. The molecule has 0 aromatic rings. The largest absolute Gasteiger partial charge is 0.389 e. The van der Waals surface area contributed by atoms with Crippen LogP contribution in [-0.2, 0) is 9.59 Å². The fraction of sp³-hybridized carbons (Fsp3) is 0.789. The maximum Gasteiger partial charge on any atom is 0.155 e. The number of aliphatic hydroxyl groups is 2. The normalized spacial score (nSPS) is 52.5. The van der Waals surface area contributed by atoms with Crippen molar-refractivity contribution in [2.24, 2.45) is 22.7 Å². The van der Waals surface area contributed by atoms with Crippen LogP contribution >= 0.6 is 0 Å². The standard InChI is InChI=1S/C19H26O4/c1-17-6-3-11(20)9-14(17)15(21)10-13-12(17)4-7-18(2)16(22)5-8-19(13,18)23/h9,12-13,15,21,23H,3-8,10H2,1-2H3/t12-,13+,15?,17+,18+,19+/m0/s1. The van der Waals surface area contributed by atoms with Crippen LogP contribution in [-0.4, -0.2) is 33.5 Å². The van der Waals surface area contributed by atoms with Crippen molar-refractivity contribution in [2.45, 2.75) is 70.5 Å². The summed E-state index contributed by atoms with van der Waals surface area (Å²) in [7, 11) is 0. The minimum atomic E-state index is -0.996. The monoisotopic (exact) mass is 318 g/mol. The Hall–Kier alpha value is -1.00. The lowest BCUT2D eigenvalue weighted by atomic mass is 9.45. The first kappa shape index (κ1) is 15.5. The SMILES string of the molecule is C[C@]12CCC(=O)C=C1C(O)C[C@@H]1[C@@H]2CC[C@]2(C)C(=O)CC[C@@]12O. The number of Topliss-reactive ketones (excluding diaryl/α,β-unsaturated/α-hetero) is 1. The summed E-state index contributed by atoms with van der Waals surface area (Å²) in [4.78, 5) is 24.2. The average Bonchev–Trinajstić information content (AvgIpc) is 2.74. The van der Waals surface area contributed by atoms with E-state index in [0.717, 1.165) is 24.8 Å². The molecule has 0 heterocycles. The van der Waals surface area contributed by atoms with Crippen molar-refractivity contribution in [3.05, 3.63) is 11.6 Å². The first-order valence-corrected chi connectivity index (χ1v) is 8.91. The highest BCUT2D eigenvalue weighted by molar-refractivity contribution is 5.92. The van der Waals surface area contributed by atoms with E-state index in [1.807, 2.05) is 6.92 Å². The molecule has 4 heteroatoms. The minimum absolute atomic E-state index is 0.0574. The van der Waals surface area contributed by atoms with Crippen molar-refractivity contribution in [1.29, 1.82) is 0 Å². The average molecular weight is 318 g/mol. The van der Waals surface area contributed by atoms with Gasteiger partial charge in [-0.2, -0.15) is 0 Å². The van der Waals surface area contributed by atoms with Crippen molar-refractivity contribution in [2.75, 3.05) is 0 Å². The molecule has 0 spiro atoms. The molecule has 4 aliphatic rings. The molecule has 0 aliphatic heterocycles. The van der Waals surface area contributed by atoms with Crippen molar-refractivity contribution < 1.29 is 19.8 Å². The number of hydrogen-bond donors (Lipinski definition) is 2. The molecule has 0 aromatic heterocycles. The molecule has 23 heavy (non-hydrogen) atoms. The molecule has 0 amide bonds. The number of fused-ring (bicyclic) bond motifs is 5. The van der Waals surface area contributed by atoms with Crippen molar-refractivity contribution in [1.82, 2.24) is 0 Å². The van der Waals surface area contributed by atoms with Crippen LogP contribution in [0, 0.1) is 22.7 Å². The quantitative estimate of drug-likeness (QED) is 0.718. The topological polar surface area (TPSA) is 74.6 Å². The predicted molar refractivity (Wildman–Crippen MR) is 84.6 cm³/mol. The fourth-order valence-corrected chi connectivity index (χ4v) is 6.33. The first-order chi connectivity index (χ1) is 10.7. The summed E-state index contributed by atoms with van der Waals surface area (Å²) in [5, 5.41) is 22.2. The second kappa shape index (κ2) is 4.54. The third-order valence-electron chi connectivity index (χ3n) is 7.88. The Kier molecular flexibility index (Phi) is 3.07. The van der Waals surface area contributed by atoms with Crippen molar-refractivity contribution in [3.63, 3.8) is 0 Å². The highest BCUT2D eigenvalue weighted by Crippen LogP contribution is 2.65. The van der Waals surface area contributed by atoms with Gasteiger partial charge in [0.1, 0.15) is 5.78 Å². The van der Waals surface area contributed by atoms with Gasteiger partial charge in [0.25, 0.3) is 0 Å². The Bertz CT molecular complexity index is 623. The Balaban J connectivity index is 1.80. The molecule has 0 bridgehead atoms. The molecule has 126 valence electrons. The van der Waals surface area contributed by atoms with Crippen molar-refractivity contribution in [3.8, 4) is 0 Å². The zero-order valence-electron chi connectivity index (χ0n) is 14.0. The van der Waals surface area contributed by atoms with E-state index >= 15 is 0 Å². The van der Waals surface area contributed by atoms with Crippen LogP contribution in [0.25, 0.3) is 0 Å². The third-order valence-corrected chi connectivity index (χ3v) is 7.88. The Morgan fingerprint density at radius 1 is 1.09 bits per heavy atom. The van der Waals surface area contributed by atoms with E-state index in [1.165, 1.54) is 0 Å². The number of carbonyl (C=O) groups excluding carboxylic acids is 2. The van der Waals surface area contributed by atoms with Crippen LogP contribution in [0.15, 0.2) is 11.6 Å². The Morgan fingerprint density at radius 3 is 2.57 bits per heavy atom. The van der Waals surface area contributed by atoms with E-state index in [0.29, 0.717) is 25.7 Å². The molecule has 0 radical (unpaired) electrons. The van der Waals surface area contributed by atoms with Gasteiger partial charge in [0.15, 0.2) is 5.78 Å². The summed E-state index contributed by atoms with van der Waals surface area (Å²) in [6.45, 7) is 4.07. The molecule has 4 aliphatic carbocycles. The fourth-order valence-electron chi connectivity index (χ4n) is 6.33. The summed E-state index contributed by atoms with van der Waals surface area (Å²) >= 11 is 0. The van der Waals surface area contributed by atoms with E-state index in [-0.39, 0.29) is 28.8 Å². The number of hydrogen-bond acceptors (Lipinski definition) is 4. The van der Waals surface area contributed by atoms with Gasteiger partial charge in [0.05, 0.1) is 17.1 Å². The van der Waals surface area contributed by atoms with Crippen LogP contribution in [0.2, 0.25) is 0 Å². The first-order valence-electron chi connectivity index (χ1n) is 8.91. The molecule has 3 saturated carbocycles. The number of aliphatic hydroxyl groups excluding tert-OH is 1. The van der Waals surface area contributed by atoms with Gasteiger partial charge in [0, 0.05) is 12.8 Å². The molecular weight excluding hydrogens is 292 g/mol. The van der Waals surface area contributed by atoms with Gasteiger partial charge in [-0.25, -0.2) is 0 Å². The van der Waals surface area contributed by atoms with Gasteiger partial charge in [0.2, 0.25) is 0 Å². The number of rotatable bonds is 0. The van der Waals surface area contributed by atoms with Gasteiger partial charge < -0.3 is 10.2 Å². The van der Waals surface area contributed by atoms with Gasteiger partial charge >= 0.3 is 0 Å². The van der Waals surface area contributed by atoms with E-state index in [1.54, 1.807) is 6.08 Å². The van der Waals surface area contributed by atoms with Gasteiger partial charge in [-0.05, 0) is 67.9 Å². The molecule has 2 N–H and O–H groups in total. The second-order valence-corrected chi connectivity index (χ2v) is 8.67. The summed E-state index contributed by atoms with van der Waals surface area (Å²) < 4.78 is 0. The summed E-state index contributed by atoms with van der Waals surface area (Å²) in [5.74, 6) is 0.468. The van der Waals surface area contributed by atoms with Gasteiger partial charge in [-0.1, -0.05) is 6.92 Å². The smallest absolute Gasteiger partial charge is 0.155 e. The van der Waals surface area contributed by atoms with E-state index < -0.39 is 17.1 Å². The molecular formula is C19H26O4. The molecule has 0 saturated heterocycles. The van der Waals surface area contributed by atoms with Gasteiger partial charge in [-0.15, -0.1) is 0 Å². The summed E-state index contributed by atoms with van der Waals surface area (Å²) in [5.41, 5.74) is -1.01. The van der Waals surface area contributed by atoms with Crippen molar-refractivity contribution >= 4 is 11.6 Å². The zero-order valence-corrected chi connectivity index (χ0v) is 14.0. The molecule has 0 aromatic carbocycles. The predicted octanol–water partition coefficient (Wildman–Crippen LogP) is 2.17. The van der Waals surface area contributed by atoms with Crippen LogP contribution in [0.3, 0.4) is 0 Å². The zero-order chi connectivity index (χ0) is 16.6. The lowest BCUT2D eigenvalue weighted by Gasteiger charge is -2.60. The lowest BCUT2D eigenvalue weighted by molar-refractivity contribution is -0.186. The molecule has 4 rings (SSSR count).